The molecule has 7 nitrogen and oxygen atoms in total. The highest BCUT2D eigenvalue weighted by Gasteiger charge is 2.14. The number of sulfone groups is 1. The molecule has 0 aliphatic carbocycles. The second-order valence-electron chi connectivity index (χ2n) is 7.06. The predicted molar refractivity (Wildman–Crippen MR) is 126 cm³/mol. The summed E-state index contributed by atoms with van der Waals surface area (Å²) in [5.74, 6) is 0.871. The fourth-order valence-electron chi connectivity index (χ4n) is 3.05. The van der Waals surface area contributed by atoms with Crippen LogP contribution in [0, 0.1) is 0 Å². The van der Waals surface area contributed by atoms with Gasteiger partial charge in [-0.15, -0.1) is 0 Å². The Balaban J connectivity index is 1.52. The van der Waals surface area contributed by atoms with Crippen LogP contribution in [0.5, 0.6) is 0 Å². The second-order valence-corrected chi connectivity index (χ2v) is 9.68. The van der Waals surface area contributed by atoms with Gasteiger partial charge in [0.05, 0.1) is 17.2 Å². The van der Waals surface area contributed by atoms with E-state index in [0.29, 0.717) is 33.6 Å². The molecule has 0 unspecified atom stereocenters. The molecule has 9 heteroatoms. The molecular formula is C23H20ClN5O2S. The summed E-state index contributed by atoms with van der Waals surface area (Å²) in [4.78, 5) is 17.6. The van der Waals surface area contributed by atoms with Crippen molar-refractivity contribution in [3.05, 3.63) is 89.8 Å². The van der Waals surface area contributed by atoms with Crippen molar-refractivity contribution < 1.29 is 8.42 Å². The summed E-state index contributed by atoms with van der Waals surface area (Å²) in [6.07, 6.45) is 5.08. The molecule has 32 heavy (non-hydrogen) atoms. The number of nitrogens with zero attached hydrogens (tertiary/aromatic N) is 4. The Labute approximate surface area is 191 Å². The highest BCUT2D eigenvalue weighted by atomic mass is 35.5. The Morgan fingerprint density at radius 1 is 0.906 bits per heavy atom. The first-order valence-electron chi connectivity index (χ1n) is 9.88. The first-order valence-corrected chi connectivity index (χ1v) is 12.1. The van der Waals surface area contributed by atoms with Crippen LogP contribution < -0.4 is 5.32 Å². The topological polar surface area (TPSA) is 97.7 Å². The van der Waals surface area contributed by atoms with Crippen molar-refractivity contribution in [3.8, 4) is 22.8 Å². The van der Waals surface area contributed by atoms with E-state index in [0.717, 1.165) is 5.56 Å². The molecule has 4 rings (SSSR count). The average Bonchev–Trinajstić information content (AvgIpc) is 2.81. The molecule has 0 bridgehead atoms. The van der Waals surface area contributed by atoms with E-state index in [4.69, 9.17) is 11.6 Å². The van der Waals surface area contributed by atoms with Gasteiger partial charge in [0.25, 0.3) is 0 Å². The number of halogens is 1. The molecule has 0 amide bonds. The van der Waals surface area contributed by atoms with Gasteiger partial charge < -0.3 is 5.32 Å². The lowest BCUT2D eigenvalue weighted by Gasteiger charge is -2.11. The Bertz CT molecular complexity index is 1230. The minimum absolute atomic E-state index is 0.0409. The van der Waals surface area contributed by atoms with E-state index in [1.54, 1.807) is 48.9 Å². The maximum Gasteiger partial charge on any atom is 0.180 e. The number of aromatic nitrogens is 4. The van der Waals surface area contributed by atoms with Gasteiger partial charge in [-0.1, -0.05) is 29.8 Å². The molecule has 0 atom stereocenters. The summed E-state index contributed by atoms with van der Waals surface area (Å²) in [6.45, 7) is 0.209. The van der Waals surface area contributed by atoms with Gasteiger partial charge in [0.15, 0.2) is 15.7 Å². The highest BCUT2D eigenvalue weighted by Crippen LogP contribution is 2.23. The van der Waals surface area contributed by atoms with E-state index < -0.39 is 9.84 Å². The van der Waals surface area contributed by atoms with Gasteiger partial charge in [0.1, 0.15) is 11.5 Å². The zero-order valence-electron chi connectivity index (χ0n) is 17.0. The third-order valence-corrected chi connectivity index (χ3v) is 6.45. The van der Waals surface area contributed by atoms with Crippen molar-refractivity contribution in [1.29, 1.82) is 0 Å². The van der Waals surface area contributed by atoms with Gasteiger partial charge in [-0.05, 0) is 42.0 Å². The van der Waals surface area contributed by atoms with Crippen LogP contribution in [0.15, 0.2) is 79.3 Å². The Kier molecular flexibility index (Phi) is 6.72. The van der Waals surface area contributed by atoms with Gasteiger partial charge in [-0.2, -0.15) is 0 Å². The van der Waals surface area contributed by atoms with Crippen LogP contribution in [0.1, 0.15) is 5.56 Å². The lowest BCUT2D eigenvalue weighted by Crippen LogP contribution is -2.18. The fraction of sp³-hybridized carbons (Fsp3) is 0.130. The first kappa shape index (κ1) is 21.9. The molecular weight excluding hydrogens is 446 g/mol. The van der Waals surface area contributed by atoms with E-state index in [1.165, 1.54) is 0 Å². The minimum atomic E-state index is -3.31. The van der Waals surface area contributed by atoms with E-state index in [2.05, 4.69) is 25.3 Å². The summed E-state index contributed by atoms with van der Waals surface area (Å²) >= 11 is 5.87. The Morgan fingerprint density at radius 3 is 2.47 bits per heavy atom. The van der Waals surface area contributed by atoms with Crippen LogP contribution in [0.3, 0.4) is 0 Å². The molecule has 0 aliphatic heterocycles. The molecule has 0 aliphatic rings. The minimum Gasteiger partial charge on any atom is -0.369 e. The second kappa shape index (κ2) is 9.84. The van der Waals surface area contributed by atoms with E-state index in [-0.39, 0.29) is 18.1 Å². The summed E-state index contributed by atoms with van der Waals surface area (Å²) in [7, 11) is -3.31. The van der Waals surface area contributed by atoms with Crippen molar-refractivity contribution >= 4 is 27.3 Å². The summed E-state index contributed by atoms with van der Waals surface area (Å²) < 4.78 is 25.1. The number of hydrogen-bond acceptors (Lipinski definition) is 7. The van der Waals surface area contributed by atoms with Crippen molar-refractivity contribution in [2.45, 2.75) is 5.75 Å². The average molecular weight is 466 g/mol. The smallest absolute Gasteiger partial charge is 0.180 e. The van der Waals surface area contributed by atoms with E-state index in [9.17, 15) is 8.42 Å². The van der Waals surface area contributed by atoms with Crippen molar-refractivity contribution in [2.24, 2.45) is 0 Å². The van der Waals surface area contributed by atoms with Crippen molar-refractivity contribution in [1.82, 2.24) is 19.9 Å². The zero-order chi connectivity index (χ0) is 22.4. The maximum atomic E-state index is 12.5. The lowest BCUT2D eigenvalue weighted by molar-refractivity contribution is 0.595. The lowest BCUT2D eigenvalue weighted by atomic mass is 10.2. The monoisotopic (exact) mass is 465 g/mol. The standard InChI is InChI=1S/C23H20ClN5O2S/c24-19-8-6-17(7-9-19)16-32(30,31)13-12-27-22-14-21(18-4-3-10-25-15-18)28-23(29-22)20-5-1-2-11-26-20/h1-11,14-15H,12-13,16H2,(H,27,28,29). The fourth-order valence-corrected chi connectivity index (χ4v) is 4.43. The summed E-state index contributed by atoms with van der Waals surface area (Å²) in [6, 6.07) is 17.8. The van der Waals surface area contributed by atoms with Crippen LogP contribution in [-0.4, -0.2) is 40.7 Å². The number of pyridine rings is 2. The van der Waals surface area contributed by atoms with E-state index in [1.807, 2.05) is 30.3 Å². The van der Waals surface area contributed by atoms with E-state index >= 15 is 0 Å². The predicted octanol–water partition coefficient (Wildman–Crippen LogP) is 4.28. The molecule has 0 spiro atoms. The molecule has 162 valence electrons. The van der Waals surface area contributed by atoms with Crippen LogP contribution in [0.25, 0.3) is 22.8 Å². The van der Waals surface area contributed by atoms with Crippen LogP contribution in [-0.2, 0) is 15.6 Å². The van der Waals surface area contributed by atoms with Crippen LogP contribution in [0.4, 0.5) is 5.82 Å². The largest absolute Gasteiger partial charge is 0.369 e. The Hall–Kier alpha value is -3.36. The molecule has 1 N–H and O–H groups in total. The van der Waals surface area contributed by atoms with Gasteiger partial charge in [0.2, 0.25) is 0 Å². The normalized spacial score (nSPS) is 11.3. The van der Waals surface area contributed by atoms with Gasteiger partial charge in [-0.3, -0.25) is 9.97 Å². The SMILES string of the molecule is O=S(=O)(CCNc1cc(-c2cccnc2)nc(-c2ccccn2)n1)Cc1ccc(Cl)cc1. The molecule has 0 radical (unpaired) electrons. The van der Waals surface area contributed by atoms with Crippen LogP contribution >= 0.6 is 11.6 Å². The third kappa shape index (κ3) is 5.87. The number of nitrogens with one attached hydrogen (secondary N) is 1. The molecule has 1 aromatic carbocycles. The molecule has 0 saturated carbocycles. The van der Waals surface area contributed by atoms with Gasteiger partial charge >= 0.3 is 0 Å². The molecule has 3 heterocycles. The Morgan fingerprint density at radius 2 is 1.75 bits per heavy atom. The molecule has 3 aromatic heterocycles. The van der Waals surface area contributed by atoms with Crippen molar-refractivity contribution in [2.75, 3.05) is 17.6 Å². The quantitative estimate of drug-likeness (QED) is 0.414. The number of rotatable bonds is 8. The third-order valence-electron chi connectivity index (χ3n) is 4.60. The molecule has 4 aromatic rings. The number of hydrogen-bond donors (Lipinski definition) is 1. The summed E-state index contributed by atoms with van der Waals surface area (Å²) in [5, 5.41) is 3.69. The summed E-state index contributed by atoms with van der Waals surface area (Å²) in [5.41, 5.74) is 2.81. The van der Waals surface area contributed by atoms with Gasteiger partial charge in [0, 0.05) is 41.8 Å². The first-order chi connectivity index (χ1) is 15.5. The number of anilines is 1. The zero-order valence-corrected chi connectivity index (χ0v) is 18.6. The number of benzene rings is 1. The van der Waals surface area contributed by atoms with Crippen LogP contribution in [0.2, 0.25) is 5.02 Å². The maximum absolute atomic E-state index is 12.5. The van der Waals surface area contributed by atoms with Crippen molar-refractivity contribution in [3.63, 3.8) is 0 Å². The van der Waals surface area contributed by atoms with Gasteiger partial charge in [-0.25, -0.2) is 18.4 Å². The highest BCUT2D eigenvalue weighted by molar-refractivity contribution is 7.90. The molecule has 0 saturated heterocycles. The molecule has 0 fully saturated rings.